The van der Waals surface area contributed by atoms with Gasteiger partial charge in [-0.1, -0.05) is 24.3 Å². The number of halogens is 1. The molecule has 0 fully saturated rings. The van der Waals surface area contributed by atoms with E-state index in [-0.39, 0.29) is 5.75 Å². The number of phenols is 1. The molecule has 0 bridgehead atoms. The van der Waals surface area contributed by atoms with Gasteiger partial charge in [0.1, 0.15) is 11.4 Å². The van der Waals surface area contributed by atoms with Gasteiger partial charge in [0.25, 0.3) is 0 Å². The highest BCUT2D eigenvalue weighted by Gasteiger charge is 2.14. The molecule has 0 aliphatic heterocycles. The Bertz CT molecular complexity index is 478. The summed E-state index contributed by atoms with van der Waals surface area (Å²) in [6.45, 7) is 5.79. The first-order valence-electron chi connectivity index (χ1n) is 5.90. The van der Waals surface area contributed by atoms with Crippen LogP contribution in [0.4, 0.5) is 4.79 Å². The average molecular weight is 328 g/mol. The number of carbonyl (C=O) groups excluding carboxylic acids is 1. The maximum atomic E-state index is 11.4. The summed E-state index contributed by atoms with van der Waals surface area (Å²) in [4.78, 5) is 11.4. The van der Waals surface area contributed by atoms with E-state index in [9.17, 15) is 9.90 Å². The fraction of sp³-hybridized carbons (Fsp3) is 0.357. The highest BCUT2D eigenvalue weighted by molar-refractivity contribution is 9.10. The zero-order valence-electron chi connectivity index (χ0n) is 11.2. The number of alkyl carbamates (subject to hydrolysis) is 1. The van der Waals surface area contributed by atoms with Crippen LogP contribution in [-0.4, -0.2) is 23.3 Å². The number of phenolic OH excluding ortho intramolecular Hbond substituents is 1. The van der Waals surface area contributed by atoms with E-state index >= 15 is 0 Å². The monoisotopic (exact) mass is 327 g/mol. The Morgan fingerprint density at radius 1 is 1.47 bits per heavy atom. The van der Waals surface area contributed by atoms with E-state index in [2.05, 4.69) is 21.2 Å². The lowest BCUT2D eigenvalue weighted by Crippen LogP contribution is -2.32. The Labute approximate surface area is 121 Å². The second-order valence-corrected chi connectivity index (χ2v) is 5.76. The fourth-order valence-corrected chi connectivity index (χ4v) is 1.70. The summed E-state index contributed by atoms with van der Waals surface area (Å²) in [5, 5.41) is 12.1. The van der Waals surface area contributed by atoms with Crippen molar-refractivity contribution >= 4 is 28.1 Å². The van der Waals surface area contributed by atoms with Gasteiger partial charge in [0.15, 0.2) is 0 Å². The third-order valence-electron chi connectivity index (χ3n) is 2.07. The highest BCUT2D eigenvalue weighted by Crippen LogP contribution is 2.27. The van der Waals surface area contributed by atoms with Gasteiger partial charge in [-0.15, -0.1) is 0 Å². The van der Waals surface area contributed by atoms with Crippen LogP contribution in [0.25, 0.3) is 6.08 Å². The topological polar surface area (TPSA) is 58.6 Å². The fourth-order valence-electron chi connectivity index (χ4n) is 1.31. The number of hydrogen-bond acceptors (Lipinski definition) is 3. The molecule has 0 aliphatic carbocycles. The Kier molecular flexibility index (Phi) is 5.42. The van der Waals surface area contributed by atoms with E-state index in [1.807, 2.05) is 26.8 Å². The standard InChI is InChI=1S/C14H18BrNO3/c1-14(2,3)19-13(18)16-9-5-7-10-6-4-8-11(17)12(10)15/h4-8,17H,9H2,1-3H3,(H,16,18). The van der Waals surface area contributed by atoms with Crippen LogP contribution in [0.5, 0.6) is 5.75 Å². The molecule has 0 saturated heterocycles. The molecule has 0 radical (unpaired) electrons. The van der Waals surface area contributed by atoms with Crippen molar-refractivity contribution in [1.82, 2.24) is 5.32 Å². The van der Waals surface area contributed by atoms with E-state index in [1.165, 1.54) is 0 Å². The summed E-state index contributed by atoms with van der Waals surface area (Å²) >= 11 is 3.29. The third kappa shape index (κ3) is 5.79. The van der Waals surface area contributed by atoms with Crippen molar-refractivity contribution in [2.24, 2.45) is 0 Å². The zero-order valence-corrected chi connectivity index (χ0v) is 12.8. The lowest BCUT2D eigenvalue weighted by molar-refractivity contribution is 0.0534. The number of rotatable bonds is 3. The van der Waals surface area contributed by atoms with Crippen LogP contribution < -0.4 is 5.32 Å². The van der Waals surface area contributed by atoms with Crippen LogP contribution in [0.2, 0.25) is 0 Å². The molecule has 19 heavy (non-hydrogen) atoms. The van der Waals surface area contributed by atoms with Crippen LogP contribution in [0.1, 0.15) is 26.3 Å². The van der Waals surface area contributed by atoms with Crippen LogP contribution >= 0.6 is 15.9 Å². The molecular weight excluding hydrogens is 310 g/mol. The van der Waals surface area contributed by atoms with Crippen molar-refractivity contribution in [1.29, 1.82) is 0 Å². The molecule has 1 amide bonds. The van der Waals surface area contributed by atoms with Gasteiger partial charge in [-0.25, -0.2) is 4.79 Å². The number of hydrogen-bond donors (Lipinski definition) is 2. The van der Waals surface area contributed by atoms with Crippen molar-refractivity contribution in [3.8, 4) is 5.75 Å². The van der Waals surface area contributed by atoms with Crippen LogP contribution in [-0.2, 0) is 4.74 Å². The molecule has 0 heterocycles. The van der Waals surface area contributed by atoms with Gasteiger partial charge < -0.3 is 15.2 Å². The SMILES string of the molecule is CC(C)(C)OC(=O)NCC=Cc1cccc(O)c1Br. The minimum atomic E-state index is -0.498. The van der Waals surface area contributed by atoms with E-state index in [0.717, 1.165) is 5.56 Å². The largest absolute Gasteiger partial charge is 0.507 e. The van der Waals surface area contributed by atoms with Gasteiger partial charge in [-0.05, 0) is 48.3 Å². The predicted octanol–water partition coefficient (Wildman–Crippen LogP) is 3.69. The first-order valence-corrected chi connectivity index (χ1v) is 6.70. The second kappa shape index (κ2) is 6.61. The Balaban J connectivity index is 2.47. The minimum Gasteiger partial charge on any atom is -0.507 e. The van der Waals surface area contributed by atoms with E-state index in [4.69, 9.17) is 4.74 Å². The molecule has 4 nitrogen and oxygen atoms in total. The quantitative estimate of drug-likeness (QED) is 0.890. The Morgan fingerprint density at radius 2 is 2.16 bits per heavy atom. The van der Waals surface area contributed by atoms with Crippen molar-refractivity contribution in [2.75, 3.05) is 6.54 Å². The molecule has 1 rings (SSSR count). The lowest BCUT2D eigenvalue weighted by Gasteiger charge is -2.19. The molecule has 1 aromatic carbocycles. The number of amides is 1. The number of benzene rings is 1. The summed E-state index contributed by atoms with van der Waals surface area (Å²) in [6, 6.07) is 5.20. The van der Waals surface area contributed by atoms with Crippen LogP contribution in [0.15, 0.2) is 28.7 Å². The summed E-state index contributed by atoms with van der Waals surface area (Å²) in [5.74, 6) is 0.183. The van der Waals surface area contributed by atoms with Gasteiger partial charge in [0.2, 0.25) is 0 Å². The molecule has 0 saturated carbocycles. The number of ether oxygens (including phenoxy) is 1. The molecule has 5 heteroatoms. The normalized spacial score (nSPS) is 11.6. The molecule has 104 valence electrons. The molecule has 2 N–H and O–H groups in total. The van der Waals surface area contributed by atoms with Crippen LogP contribution in [0, 0.1) is 0 Å². The predicted molar refractivity (Wildman–Crippen MR) is 79.1 cm³/mol. The van der Waals surface area contributed by atoms with Crippen molar-refractivity contribution in [3.63, 3.8) is 0 Å². The zero-order chi connectivity index (χ0) is 14.5. The van der Waals surface area contributed by atoms with E-state index < -0.39 is 11.7 Å². The van der Waals surface area contributed by atoms with Gasteiger partial charge >= 0.3 is 6.09 Å². The van der Waals surface area contributed by atoms with E-state index in [0.29, 0.717) is 11.0 Å². The van der Waals surface area contributed by atoms with Crippen molar-refractivity contribution in [3.05, 3.63) is 34.3 Å². The summed E-state index contributed by atoms with van der Waals surface area (Å²) in [5.41, 5.74) is 0.341. The third-order valence-corrected chi connectivity index (χ3v) is 2.93. The molecule has 1 aromatic rings. The smallest absolute Gasteiger partial charge is 0.407 e. The lowest BCUT2D eigenvalue weighted by atomic mass is 10.2. The molecule has 0 atom stereocenters. The first kappa shape index (κ1) is 15.6. The first-order chi connectivity index (χ1) is 8.79. The van der Waals surface area contributed by atoms with Gasteiger partial charge in [-0.3, -0.25) is 0 Å². The highest BCUT2D eigenvalue weighted by atomic mass is 79.9. The van der Waals surface area contributed by atoms with Crippen molar-refractivity contribution < 1.29 is 14.6 Å². The Morgan fingerprint density at radius 3 is 2.79 bits per heavy atom. The summed E-state index contributed by atoms with van der Waals surface area (Å²) in [6.07, 6.45) is 3.14. The summed E-state index contributed by atoms with van der Waals surface area (Å²) in [7, 11) is 0. The molecule has 0 aliphatic rings. The van der Waals surface area contributed by atoms with Crippen LogP contribution in [0.3, 0.4) is 0 Å². The number of nitrogens with one attached hydrogen (secondary N) is 1. The maximum absolute atomic E-state index is 11.4. The molecule has 0 unspecified atom stereocenters. The number of carbonyl (C=O) groups is 1. The summed E-state index contributed by atoms with van der Waals surface area (Å²) < 4.78 is 5.73. The molecule has 0 spiro atoms. The second-order valence-electron chi connectivity index (χ2n) is 4.97. The maximum Gasteiger partial charge on any atom is 0.407 e. The molecular formula is C14H18BrNO3. The molecule has 0 aromatic heterocycles. The minimum absolute atomic E-state index is 0.183. The van der Waals surface area contributed by atoms with Gasteiger partial charge in [0, 0.05) is 6.54 Å². The van der Waals surface area contributed by atoms with E-state index in [1.54, 1.807) is 24.3 Å². The van der Waals surface area contributed by atoms with Gasteiger partial charge in [0.05, 0.1) is 4.47 Å². The van der Waals surface area contributed by atoms with Gasteiger partial charge in [-0.2, -0.15) is 0 Å². The van der Waals surface area contributed by atoms with Crippen molar-refractivity contribution in [2.45, 2.75) is 26.4 Å². The number of aromatic hydroxyl groups is 1. The Hall–Kier alpha value is -1.49. The average Bonchev–Trinajstić information content (AvgIpc) is 2.27.